The first kappa shape index (κ1) is 20.1. The molecule has 1 atom stereocenters. The summed E-state index contributed by atoms with van der Waals surface area (Å²) in [5, 5.41) is 12.4. The van der Waals surface area contributed by atoms with E-state index in [1.165, 1.54) is 4.80 Å². The molecule has 132 valence electrons. The number of hydrogen-bond acceptors (Lipinski definition) is 5. The summed E-state index contributed by atoms with van der Waals surface area (Å²) in [6, 6.07) is 9.04. The third kappa shape index (κ3) is 4.75. The minimum absolute atomic E-state index is 0. The Morgan fingerprint density at radius 1 is 1.33 bits per heavy atom. The Kier molecular flexibility index (Phi) is 6.86. The number of rotatable bonds is 6. The smallest absolute Gasteiger partial charge is 0.248 e. The van der Waals surface area contributed by atoms with E-state index in [-0.39, 0.29) is 23.7 Å². The normalized spacial score (nSPS) is 12.4. The highest BCUT2D eigenvalue weighted by atomic mass is 35.5. The number of hydrogen-bond donors (Lipinski definition) is 1. The molecule has 2 N–H and O–H groups in total. The Bertz CT molecular complexity index is 658. The van der Waals surface area contributed by atoms with Gasteiger partial charge >= 0.3 is 0 Å². The molecule has 1 aromatic heterocycles. The van der Waals surface area contributed by atoms with Gasteiger partial charge in [0.05, 0.1) is 0 Å². The molecule has 8 heteroatoms. The number of halogens is 1. The van der Waals surface area contributed by atoms with E-state index >= 15 is 0 Å². The number of amides is 1. The second-order valence-electron chi connectivity index (χ2n) is 6.54. The first-order chi connectivity index (χ1) is 10.8. The van der Waals surface area contributed by atoms with E-state index in [1.807, 2.05) is 44.2 Å². The first-order valence-electron chi connectivity index (χ1n) is 7.64. The standard InChI is InChI=1S/C16H24N6O.ClH/c1-12(15(23)21(4)11-16(2,3)10-17)22-19-14(18-20-22)13-8-6-5-7-9-13;/h5-9,12H,10-11,17H2,1-4H3;1H. The number of tetrazole rings is 1. The van der Waals surface area contributed by atoms with Crippen LogP contribution in [-0.2, 0) is 4.79 Å². The number of carbonyl (C=O) groups excluding carboxylic acids is 1. The Morgan fingerprint density at radius 2 is 1.96 bits per heavy atom. The third-order valence-electron chi connectivity index (χ3n) is 3.76. The SMILES string of the molecule is CC(C(=O)N(C)CC(C)(C)CN)n1nnc(-c2ccccc2)n1.Cl. The molecule has 24 heavy (non-hydrogen) atoms. The largest absolute Gasteiger partial charge is 0.343 e. The molecule has 1 unspecified atom stereocenters. The fourth-order valence-corrected chi connectivity index (χ4v) is 2.29. The number of carbonyl (C=O) groups is 1. The summed E-state index contributed by atoms with van der Waals surface area (Å²) in [5.41, 5.74) is 6.47. The van der Waals surface area contributed by atoms with Crippen molar-refractivity contribution in [3.63, 3.8) is 0 Å². The van der Waals surface area contributed by atoms with Crippen LogP contribution >= 0.6 is 12.4 Å². The van der Waals surface area contributed by atoms with Crippen molar-refractivity contribution in [3.8, 4) is 11.4 Å². The molecule has 0 aliphatic heterocycles. The van der Waals surface area contributed by atoms with E-state index in [0.717, 1.165) is 5.56 Å². The molecule has 0 aliphatic carbocycles. The second-order valence-corrected chi connectivity index (χ2v) is 6.54. The average molecular weight is 353 g/mol. The molecule has 1 aromatic carbocycles. The molecule has 2 rings (SSSR count). The van der Waals surface area contributed by atoms with Gasteiger partial charge in [0.1, 0.15) is 6.04 Å². The third-order valence-corrected chi connectivity index (χ3v) is 3.76. The molecule has 0 saturated carbocycles. The van der Waals surface area contributed by atoms with Gasteiger partial charge in [-0.3, -0.25) is 4.79 Å². The maximum atomic E-state index is 12.5. The average Bonchev–Trinajstić information content (AvgIpc) is 3.04. The zero-order chi connectivity index (χ0) is 17.0. The van der Waals surface area contributed by atoms with E-state index in [1.54, 1.807) is 18.9 Å². The van der Waals surface area contributed by atoms with Gasteiger partial charge in [0.15, 0.2) is 0 Å². The van der Waals surface area contributed by atoms with Crippen molar-refractivity contribution in [2.24, 2.45) is 11.1 Å². The monoisotopic (exact) mass is 352 g/mol. The van der Waals surface area contributed by atoms with Crippen LogP contribution in [0.15, 0.2) is 30.3 Å². The molecular formula is C16H25ClN6O. The Morgan fingerprint density at radius 3 is 2.54 bits per heavy atom. The molecule has 0 spiro atoms. The van der Waals surface area contributed by atoms with Gasteiger partial charge in [-0.2, -0.15) is 4.80 Å². The van der Waals surface area contributed by atoms with Crippen LogP contribution in [0, 0.1) is 5.41 Å². The van der Waals surface area contributed by atoms with Crippen LogP contribution < -0.4 is 5.73 Å². The summed E-state index contributed by atoms with van der Waals surface area (Å²) < 4.78 is 0. The van der Waals surface area contributed by atoms with E-state index < -0.39 is 6.04 Å². The summed E-state index contributed by atoms with van der Waals surface area (Å²) in [5.74, 6) is 0.443. The summed E-state index contributed by atoms with van der Waals surface area (Å²) in [7, 11) is 1.77. The van der Waals surface area contributed by atoms with Crippen molar-refractivity contribution in [1.29, 1.82) is 0 Å². The highest BCUT2D eigenvalue weighted by Gasteiger charge is 2.26. The zero-order valence-corrected chi connectivity index (χ0v) is 15.3. The van der Waals surface area contributed by atoms with Gasteiger partial charge in [-0.1, -0.05) is 44.2 Å². The molecule has 2 aromatic rings. The van der Waals surface area contributed by atoms with Gasteiger partial charge in [-0.05, 0) is 24.1 Å². The van der Waals surface area contributed by atoms with Gasteiger partial charge in [0.25, 0.3) is 0 Å². The predicted molar refractivity (Wildman–Crippen MR) is 95.7 cm³/mol. The van der Waals surface area contributed by atoms with E-state index in [9.17, 15) is 4.79 Å². The lowest BCUT2D eigenvalue weighted by atomic mass is 9.93. The number of nitrogens with zero attached hydrogens (tertiary/aromatic N) is 5. The summed E-state index contributed by atoms with van der Waals surface area (Å²) in [6.45, 7) is 6.92. The number of nitrogens with two attached hydrogens (primary N) is 1. The van der Waals surface area contributed by atoms with Crippen molar-refractivity contribution in [2.75, 3.05) is 20.1 Å². The summed E-state index contributed by atoms with van der Waals surface area (Å²) >= 11 is 0. The Balaban J connectivity index is 0.00000288. The molecule has 1 heterocycles. The van der Waals surface area contributed by atoms with Crippen molar-refractivity contribution in [1.82, 2.24) is 25.1 Å². The van der Waals surface area contributed by atoms with Crippen LogP contribution in [0.2, 0.25) is 0 Å². The maximum Gasteiger partial charge on any atom is 0.248 e. The summed E-state index contributed by atoms with van der Waals surface area (Å²) in [4.78, 5) is 15.6. The number of aromatic nitrogens is 4. The van der Waals surface area contributed by atoms with Crippen LogP contribution in [0.25, 0.3) is 11.4 Å². The van der Waals surface area contributed by atoms with Crippen LogP contribution in [0.1, 0.15) is 26.8 Å². The number of likely N-dealkylation sites (N-methyl/N-ethyl adjacent to an activating group) is 1. The molecule has 0 fully saturated rings. The molecular weight excluding hydrogens is 328 g/mol. The topological polar surface area (TPSA) is 89.9 Å². The van der Waals surface area contributed by atoms with Gasteiger partial charge in [0, 0.05) is 19.2 Å². The molecule has 7 nitrogen and oxygen atoms in total. The van der Waals surface area contributed by atoms with Crippen LogP contribution in [-0.4, -0.2) is 51.2 Å². The quantitative estimate of drug-likeness (QED) is 0.855. The van der Waals surface area contributed by atoms with Crippen molar-refractivity contribution in [3.05, 3.63) is 30.3 Å². The minimum Gasteiger partial charge on any atom is -0.343 e. The predicted octanol–water partition coefficient (Wildman–Crippen LogP) is 1.77. The zero-order valence-electron chi connectivity index (χ0n) is 14.5. The molecule has 0 aliphatic rings. The molecule has 1 amide bonds. The van der Waals surface area contributed by atoms with Crippen LogP contribution in [0.3, 0.4) is 0 Å². The molecule has 0 saturated heterocycles. The fraction of sp³-hybridized carbons (Fsp3) is 0.500. The van der Waals surface area contributed by atoms with Crippen LogP contribution in [0.5, 0.6) is 0 Å². The first-order valence-corrected chi connectivity index (χ1v) is 7.64. The molecule has 0 bridgehead atoms. The minimum atomic E-state index is -0.515. The Labute approximate surface area is 148 Å². The highest BCUT2D eigenvalue weighted by molar-refractivity contribution is 5.85. The van der Waals surface area contributed by atoms with Crippen LogP contribution in [0.4, 0.5) is 0 Å². The second kappa shape index (κ2) is 8.21. The maximum absolute atomic E-state index is 12.5. The van der Waals surface area contributed by atoms with Crippen molar-refractivity contribution >= 4 is 18.3 Å². The van der Waals surface area contributed by atoms with Gasteiger partial charge in [-0.15, -0.1) is 22.6 Å². The lowest BCUT2D eigenvalue weighted by Crippen LogP contribution is -2.42. The fourth-order valence-electron chi connectivity index (χ4n) is 2.29. The van der Waals surface area contributed by atoms with Crippen molar-refractivity contribution < 1.29 is 4.79 Å². The van der Waals surface area contributed by atoms with Gasteiger partial charge < -0.3 is 10.6 Å². The van der Waals surface area contributed by atoms with Gasteiger partial charge in [0.2, 0.25) is 11.7 Å². The van der Waals surface area contributed by atoms with Crippen molar-refractivity contribution in [2.45, 2.75) is 26.8 Å². The van der Waals surface area contributed by atoms with E-state index in [2.05, 4.69) is 15.4 Å². The number of benzene rings is 1. The molecule has 0 radical (unpaired) electrons. The Hall–Kier alpha value is -1.99. The van der Waals surface area contributed by atoms with E-state index in [0.29, 0.717) is 18.9 Å². The van der Waals surface area contributed by atoms with Gasteiger partial charge in [-0.25, -0.2) is 0 Å². The van der Waals surface area contributed by atoms with E-state index in [4.69, 9.17) is 5.73 Å². The highest BCUT2D eigenvalue weighted by Crippen LogP contribution is 2.17. The summed E-state index contributed by atoms with van der Waals surface area (Å²) in [6.07, 6.45) is 0. The lowest BCUT2D eigenvalue weighted by Gasteiger charge is -2.30. The lowest BCUT2D eigenvalue weighted by molar-refractivity contribution is -0.134.